The molecule has 0 amide bonds. The van der Waals surface area contributed by atoms with Crippen LogP contribution in [0.4, 0.5) is 0 Å². The summed E-state index contributed by atoms with van der Waals surface area (Å²) in [7, 11) is 0. The van der Waals surface area contributed by atoms with E-state index in [1.807, 2.05) is 20.8 Å². The van der Waals surface area contributed by atoms with Gasteiger partial charge in [-0.25, -0.2) is 4.79 Å². The molecule has 0 aliphatic rings. The number of hydrogen-bond donors (Lipinski definition) is 3. The number of benzene rings is 1. The lowest BCUT2D eigenvalue weighted by molar-refractivity contribution is -0.147. The van der Waals surface area contributed by atoms with Crippen molar-refractivity contribution >= 4 is 5.97 Å². The summed E-state index contributed by atoms with van der Waals surface area (Å²) < 4.78 is 0. The van der Waals surface area contributed by atoms with E-state index in [-0.39, 0.29) is 16.7 Å². The standard InChI is InChI=1S/C13H18O4/c1-7-5-6-8(13(2,3)4)10(14)9(7)11(15)12(16)17/h5-6,11,14-15H,1-4H3,(H,16,17). The molecule has 94 valence electrons. The molecule has 0 bridgehead atoms. The van der Waals surface area contributed by atoms with Crippen molar-refractivity contribution in [2.45, 2.75) is 39.2 Å². The first-order chi connectivity index (χ1) is 7.66. The van der Waals surface area contributed by atoms with Crippen LogP contribution >= 0.6 is 0 Å². The molecule has 0 aliphatic carbocycles. The van der Waals surface area contributed by atoms with Gasteiger partial charge in [-0.2, -0.15) is 0 Å². The Morgan fingerprint density at radius 3 is 2.24 bits per heavy atom. The lowest BCUT2D eigenvalue weighted by Gasteiger charge is -2.23. The zero-order valence-corrected chi connectivity index (χ0v) is 10.5. The van der Waals surface area contributed by atoms with Gasteiger partial charge in [0.1, 0.15) is 5.75 Å². The SMILES string of the molecule is Cc1ccc(C(C)(C)C)c(O)c1C(O)C(=O)O. The number of phenolic OH excluding ortho intramolecular Hbond substituents is 1. The van der Waals surface area contributed by atoms with E-state index in [0.29, 0.717) is 11.1 Å². The molecular formula is C13H18O4. The maximum absolute atomic E-state index is 10.8. The Labute approximate surface area is 101 Å². The van der Waals surface area contributed by atoms with Crippen LogP contribution in [0.1, 0.15) is 43.6 Å². The van der Waals surface area contributed by atoms with Gasteiger partial charge in [0.25, 0.3) is 0 Å². The first-order valence-electron chi connectivity index (χ1n) is 5.40. The van der Waals surface area contributed by atoms with E-state index >= 15 is 0 Å². The predicted octanol–water partition coefficient (Wildman–Crippen LogP) is 2.12. The second-order valence-electron chi connectivity index (χ2n) is 5.18. The number of carboxylic acids is 1. The average Bonchev–Trinajstić information content (AvgIpc) is 2.14. The Kier molecular flexibility index (Phi) is 3.48. The van der Waals surface area contributed by atoms with E-state index in [0.717, 1.165) is 0 Å². The zero-order chi connectivity index (χ0) is 13.4. The molecule has 4 nitrogen and oxygen atoms in total. The molecule has 1 aromatic rings. The summed E-state index contributed by atoms with van der Waals surface area (Å²) in [4.78, 5) is 10.8. The molecule has 0 aromatic heterocycles. The number of phenols is 1. The zero-order valence-electron chi connectivity index (χ0n) is 10.5. The van der Waals surface area contributed by atoms with Gasteiger partial charge in [0.2, 0.25) is 0 Å². The van der Waals surface area contributed by atoms with E-state index in [1.54, 1.807) is 19.1 Å². The summed E-state index contributed by atoms with van der Waals surface area (Å²) in [6.07, 6.45) is -1.70. The molecule has 0 saturated carbocycles. The monoisotopic (exact) mass is 238 g/mol. The summed E-state index contributed by atoms with van der Waals surface area (Å²) in [5.41, 5.74) is 0.943. The third kappa shape index (κ3) is 2.58. The van der Waals surface area contributed by atoms with Crippen LogP contribution in [0.5, 0.6) is 5.75 Å². The molecule has 0 radical (unpaired) electrons. The predicted molar refractivity (Wildman–Crippen MR) is 64.1 cm³/mol. The van der Waals surface area contributed by atoms with E-state index in [1.165, 1.54) is 0 Å². The van der Waals surface area contributed by atoms with Crippen LogP contribution in [0.2, 0.25) is 0 Å². The third-order valence-corrected chi connectivity index (χ3v) is 2.75. The van der Waals surface area contributed by atoms with Crippen LogP contribution in [0.25, 0.3) is 0 Å². The van der Waals surface area contributed by atoms with Gasteiger partial charge in [-0.1, -0.05) is 32.9 Å². The number of aryl methyl sites for hydroxylation is 1. The lowest BCUT2D eigenvalue weighted by atomic mass is 9.83. The molecule has 1 rings (SSSR count). The summed E-state index contributed by atoms with van der Waals surface area (Å²) >= 11 is 0. The fourth-order valence-electron chi connectivity index (χ4n) is 1.78. The van der Waals surface area contributed by atoms with Crippen molar-refractivity contribution in [1.29, 1.82) is 0 Å². The van der Waals surface area contributed by atoms with Crippen molar-refractivity contribution in [2.24, 2.45) is 0 Å². The van der Waals surface area contributed by atoms with E-state index in [4.69, 9.17) is 5.11 Å². The van der Waals surface area contributed by atoms with Crippen LogP contribution in [0.3, 0.4) is 0 Å². The van der Waals surface area contributed by atoms with Crippen LogP contribution in [-0.2, 0) is 10.2 Å². The van der Waals surface area contributed by atoms with Gasteiger partial charge < -0.3 is 15.3 Å². The molecule has 1 atom stereocenters. The molecule has 17 heavy (non-hydrogen) atoms. The van der Waals surface area contributed by atoms with E-state index < -0.39 is 12.1 Å². The van der Waals surface area contributed by atoms with Crippen LogP contribution in [0, 0.1) is 6.92 Å². The van der Waals surface area contributed by atoms with Crippen molar-refractivity contribution < 1.29 is 20.1 Å². The summed E-state index contributed by atoms with van der Waals surface area (Å²) in [6, 6.07) is 3.46. The fourth-order valence-corrected chi connectivity index (χ4v) is 1.78. The highest BCUT2D eigenvalue weighted by molar-refractivity contribution is 5.76. The number of aliphatic carboxylic acids is 1. The number of aliphatic hydroxyl groups is 1. The lowest BCUT2D eigenvalue weighted by Crippen LogP contribution is -2.16. The Morgan fingerprint density at radius 2 is 1.82 bits per heavy atom. The van der Waals surface area contributed by atoms with Crippen molar-refractivity contribution in [3.8, 4) is 5.75 Å². The first-order valence-corrected chi connectivity index (χ1v) is 5.40. The number of carbonyl (C=O) groups is 1. The highest BCUT2D eigenvalue weighted by atomic mass is 16.4. The number of hydrogen-bond acceptors (Lipinski definition) is 3. The maximum atomic E-state index is 10.8. The molecule has 0 heterocycles. The van der Waals surface area contributed by atoms with Gasteiger partial charge in [-0.05, 0) is 23.5 Å². The number of aromatic hydroxyl groups is 1. The average molecular weight is 238 g/mol. The molecular weight excluding hydrogens is 220 g/mol. The van der Waals surface area contributed by atoms with Crippen molar-refractivity contribution in [1.82, 2.24) is 0 Å². The number of rotatable bonds is 2. The molecule has 4 heteroatoms. The molecule has 0 spiro atoms. The minimum Gasteiger partial charge on any atom is -0.507 e. The highest BCUT2D eigenvalue weighted by Gasteiger charge is 2.27. The van der Waals surface area contributed by atoms with E-state index in [9.17, 15) is 15.0 Å². The van der Waals surface area contributed by atoms with Gasteiger partial charge in [-0.15, -0.1) is 0 Å². The molecule has 0 saturated heterocycles. The Bertz CT molecular complexity index is 443. The Hall–Kier alpha value is -1.55. The van der Waals surface area contributed by atoms with Gasteiger partial charge >= 0.3 is 5.97 Å². The van der Waals surface area contributed by atoms with Crippen molar-refractivity contribution in [3.05, 3.63) is 28.8 Å². The number of aliphatic hydroxyl groups excluding tert-OH is 1. The van der Waals surface area contributed by atoms with Gasteiger partial charge in [0.05, 0.1) is 0 Å². The second-order valence-corrected chi connectivity index (χ2v) is 5.18. The Morgan fingerprint density at radius 1 is 1.29 bits per heavy atom. The molecule has 3 N–H and O–H groups in total. The molecule has 0 fully saturated rings. The maximum Gasteiger partial charge on any atom is 0.337 e. The number of carboxylic acid groups (broad SMARTS) is 1. The quantitative estimate of drug-likeness (QED) is 0.737. The van der Waals surface area contributed by atoms with Gasteiger partial charge in [-0.3, -0.25) is 0 Å². The van der Waals surface area contributed by atoms with Crippen molar-refractivity contribution in [2.75, 3.05) is 0 Å². The summed E-state index contributed by atoms with van der Waals surface area (Å²) in [5.74, 6) is -1.50. The highest BCUT2D eigenvalue weighted by Crippen LogP contribution is 2.37. The van der Waals surface area contributed by atoms with Crippen LogP contribution in [-0.4, -0.2) is 21.3 Å². The molecule has 1 aromatic carbocycles. The molecule has 1 unspecified atom stereocenters. The van der Waals surface area contributed by atoms with Gasteiger partial charge in [0, 0.05) is 5.56 Å². The van der Waals surface area contributed by atoms with Crippen LogP contribution < -0.4 is 0 Å². The summed E-state index contributed by atoms with van der Waals surface area (Å²) in [5, 5.41) is 28.5. The first kappa shape index (κ1) is 13.5. The smallest absolute Gasteiger partial charge is 0.337 e. The minimum absolute atomic E-state index is 0.0740. The summed E-state index contributed by atoms with van der Waals surface area (Å²) in [6.45, 7) is 7.39. The van der Waals surface area contributed by atoms with Gasteiger partial charge in [0.15, 0.2) is 6.10 Å². The fraction of sp³-hybridized carbons (Fsp3) is 0.462. The van der Waals surface area contributed by atoms with Crippen LogP contribution in [0.15, 0.2) is 12.1 Å². The normalized spacial score (nSPS) is 13.5. The largest absolute Gasteiger partial charge is 0.507 e. The topological polar surface area (TPSA) is 77.8 Å². The Balaban J connectivity index is 3.45. The molecule has 0 aliphatic heterocycles. The van der Waals surface area contributed by atoms with Crippen molar-refractivity contribution in [3.63, 3.8) is 0 Å². The third-order valence-electron chi connectivity index (χ3n) is 2.75. The van der Waals surface area contributed by atoms with E-state index in [2.05, 4.69) is 0 Å². The minimum atomic E-state index is -1.70. The second kappa shape index (κ2) is 4.37.